The van der Waals surface area contributed by atoms with Gasteiger partial charge in [0.15, 0.2) is 0 Å². The van der Waals surface area contributed by atoms with E-state index in [2.05, 4.69) is 24.0 Å². The van der Waals surface area contributed by atoms with Crippen molar-refractivity contribution in [3.05, 3.63) is 21.9 Å². The van der Waals surface area contributed by atoms with Crippen LogP contribution in [0.25, 0.3) is 0 Å². The number of carbonyl (C=O) groups is 1. The van der Waals surface area contributed by atoms with Crippen LogP contribution in [0.15, 0.2) is 12.1 Å². The van der Waals surface area contributed by atoms with Crippen LogP contribution in [0.2, 0.25) is 0 Å². The lowest BCUT2D eigenvalue weighted by atomic mass is 10.1. The Hall–Kier alpha value is -0.910. The topological polar surface area (TPSA) is 49.6 Å². The molecule has 5 heteroatoms. The maximum absolute atomic E-state index is 12.3. The summed E-state index contributed by atoms with van der Waals surface area (Å²) in [5, 5.41) is 0. The van der Waals surface area contributed by atoms with Gasteiger partial charge < -0.3 is 10.6 Å². The van der Waals surface area contributed by atoms with Gasteiger partial charge in [-0.15, -0.1) is 11.3 Å². The van der Waals surface area contributed by atoms with E-state index in [1.54, 1.807) is 16.2 Å². The number of amides is 1. The van der Waals surface area contributed by atoms with Crippen molar-refractivity contribution in [2.75, 3.05) is 27.2 Å². The number of likely N-dealkylation sites (tertiary alicyclic amines) is 1. The third-order valence-corrected chi connectivity index (χ3v) is 4.84. The van der Waals surface area contributed by atoms with Crippen molar-refractivity contribution in [2.45, 2.75) is 31.8 Å². The predicted octanol–water partition coefficient (Wildman–Crippen LogP) is 1.61. The van der Waals surface area contributed by atoms with E-state index in [1.165, 1.54) is 9.75 Å². The summed E-state index contributed by atoms with van der Waals surface area (Å²) in [6.45, 7) is 3.63. The quantitative estimate of drug-likeness (QED) is 0.912. The van der Waals surface area contributed by atoms with Crippen molar-refractivity contribution in [1.82, 2.24) is 9.80 Å². The number of nitrogens with two attached hydrogens (primary N) is 1. The van der Waals surface area contributed by atoms with Crippen molar-refractivity contribution >= 4 is 17.2 Å². The zero-order valence-corrected chi connectivity index (χ0v) is 12.7. The van der Waals surface area contributed by atoms with Crippen molar-refractivity contribution in [2.24, 2.45) is 5.73 Å². The highest BCUT2D eigenvalue weighted by molar-refractivity contribution is 7.12. The first kappa shape index (κ1) is 14.5. The van der Waals surface area contributed by atoms with Crippen LogP contribution in [0.1, 0.15) is 28.6 Å². The Kier molecular flexibility index (Phi) is 4.60. The molecule has 1 aliphatic heterocycles. The molecule has 1 fully saturated rings. The molecule has 2 N–H and O–H groups in total. The average molecular weight is 281 g/mol. The number of hydrogen-bond acceptors (Lipinski definition) is 4. The van der Waals surface area contributed by atoms with E-state index >= 15 is 0 Å². The Bertz CT molecular complexity index is 444. The second kappa shape index (κ2) is 6.03. The number of hydrogen-bond donors (Lipinski definition) is 1. The molecule has 1 amide bonds. The molecule has 0 saturated carbocycles. The third-order valence-electron chi connectivity index (χ3n) is 3.73. The van der Waals surface area contributed by atoms with Crippen molar-refractivity contribution in [1.29, 1.82) is 0 Å². The molecule has 2 unspecified atom stereocenters. The van der Waals surface area contributed by atoms with Gasteiger partial charge in [-0.2, -0.15) is 0 Å². The fraction of sp³-hybridized carbons (Fsp3) is 0.643. The molecule has 1 aromatic heterocycles. The van der Waals surface area contributed by atoms with E-state index in [1.807, 2.05) is 14.1 Å². The second-order valence-corrected chi connectivity index (χ2v) is 6.65. The molecule has 0 bridgehead atoms. The van der Waals surface area contributed by atoms with Crippen LogP contribution in [0.3, 0.4) is 0 Å². The Morgan fingerprint density at radius 2 is 2.32 bits per heavy atom. The van der Waals surface area contributed by atoms with Crippen LogP contribution in [-0.4, -0.2) is 48.9 Å². The minimum atomic E-state index is -0.00837. The molecule has 19 heavy (non-hydrogen) atoms. The summed E-state index contributed by atoms with van der Waals surface area (Å²) < 4.78 is 0. The largest absolute Gasteiger partial charge is 0.347 e. The maximum atomic E-state index is 12.3. The second-order valence-electron chi connectivity index (χ2n) is 5.33. The summed E-state index contributed by atoms with van der Waals surface area (Å²) in [4.78, 5) is 18.8. The van der Waals surface area contributed by atoms with Gasteiger partial charge >= 0.3 is 0 Å². The molecule has 1 saturated heterocycles. The van der Waals surface area contributed by atoms with Gasteiger partial charge in [0.1, 0.15) is 0 Å². The van der Waals surface area contributed by atoms with Gasteiger partial charge in [-0.3, -0.25) is 9.69 Å². The normalized spacial score (nSPS) is 21.6. The molecule has 0 aromatic carbocycles. The van der Waals surface area contributed by atoms with Crippen molar-refractivity contribution in [3.63, 3.8) is 0 Å². The SMILES string of the molecule is Cc1ccc(C(CN)N2CCCC2C(=O)N(C)C)s1. The smallest absolute Gasteiger partial charge is 0.239 e. The van der Waals surface area contributed by atoms with E-state index in [0.29, 0.717) is 6.54 Å². The first-order valence-electron chi connectivity index (χ1n) is 6.78. The zero-order chi connectivity index (χ0) is 14.0. The van der Waals surface area contributed by atoms with Gasteiger partial charge in [0.05, 0.1) is 12.1 Å². The maximum Gasteiger partial charge on any atom is 0.239 e. The Labute approximate surface area is 119 Å². The highest BCUT2D eigenvalue weighted by Crippen LogP contribution is 2.33. The average Bonchev–Trinajstić information content (AvgIpc) is 2.99. The number of nitrogens with zero attached hydrogens (tertiary/aromatic N) is 2. The van der Waals surface area contributed by atoms with E-state index in [9.17, 15) is 4.79 Å². The monoisotopic (exact) mass is 281 g/mol. The highest BCUT2D eigenvalue weighted by Gasteiger charge is 2.36. The van der Waals surface area contributed by atoms with E-state index in [0.717, 1.165) is 19.4 Å². The number of thiophene rings is 1. The zero-order valence-electron chi connectivity index (χ0n) is 11.9. The molecule has 0 spiro atoms. The van der Waals surface area contributed by atoms with Gasteiger partial charge in [-0.25, -0.2) is 0 Å². The van der Waals surface area contributed by atoms with Crippen LogP contribution < -0.4 is 5.73 Å². The molecule has 0 aliphatic carbocycles. The fourth-order valence-corrected chi connectivity index (χ4v) is 3.78. The molecule has 4 nitrogen and oxygen atoms in total. The van der Waals surface area contributed by atoms with Crippen LogP contribution >= 0.6 is 11.3 Å². The summed E-state index contributed by atoms with van der Waals surface area (Å²) in [6.07, 6.45) is 2.02. The first-order chi connectivity index (χ1) is 9.04. The van der Waals surface area contributed by atoms with Crippen LogP contribution in [-0.2, 0) is 4.79 Å². The third kappa shape index (κ3) is 2.99. The van der Waals surface area contributed by atoms with Crippen molar-refractivity contribution < 1.29 is 4.79 Å². The number of likely N-dealkylation sites (N-methyl/N-ethyl adjacent to an activating group) is 1. The van der Waals surface area contributed by atoms with Gasteiger partial charge in [-0.05, 0) is 38.4 Å². The highest BCUT2D eigenvalue weighted by atomic mass is 32.1. The van der Waals surface area contributed by atoms with Gasteiger partial charge in [0.2, 0.25) is 5.91 Å². The van der Waals surface area contributed by atoms with Crippen LogP contribution in [0.5, 0.6) is 0 Å². The number of rotatable bonds is 4. The summed E-state index contributed by atoms with van der Waals surface area (Å²) >= 11 is 1.78. The lowest BCUT2D eigenvalue weighted by Crippen LogP contribution is -2.45. The Morgan fingerprint density at radius 3 is 2.84 bits per heavy atom. The minimum Gasteiger partial charge on any atom is -0.347 e. The molecule has 106 valence electrons. The van der Waals surface area contributed by atoms with E-state index in [4.69, 9.17) is 5.73 Å². The Morgan fingerprint density at radius 1 is 1.58 bits per heavy atom. The van der Waals surface area contributed by atoms with Crippen molar-refractivity contribution in [3.8, 4) is 0 Å². The molecule has 2 atom stereocenters. The van der Waals surface area contributed by atoms with E-state index in [-0.39, 0.29) is 18.0 Å². The van der Waals surface area contributed by atoms with Crippen LogP contribution in [0, 0.1) is 6.92 Å². The first-order valence-corrected chi connectivity index (χ1v) is 7.59. The molecule has 0 radical (unpaired) electrons. The van der Waals surface area contributed by atoms with Gasteiger partial charge in [-0.1, -0.05) is 0 Å². The summed E-state index contributed by atoms with van der Waals surface area (Å²) in [6, 6.07) is 4.44. The van der Waals surface area contributed by atoms with E-state index < -0.39 is 0 Å². The minimum absolute atomic E-state index is 0.00837. The number of carbonyl (C=O) groups excluding carboxylic acids is 1. The summed E-state index contributed by atoms with van der Waals surface area (Å²) in [5.41, 5.74) is 5.97. The van der Waals surface area contributed by atoms with Gasteiger partial charge in [0.25, 0.3) is 0 Å². The fourth-order valence-electron chi connectivity index (χ4n) is 2.77. The number of aryl methyl sites for hydroxylation is 1. The Balaban J connectivity index is 2.20. The summed E-state index contributed by atoms with van der Waals surface area (Å²) in [7, 11) is 3.65. The molecule has 1 aliphatic rings. The lowest BCUT2D eigenvalue weighted by molar-refractivity contribution is -0.134. The molecular weight excluding hydrogens is 258 g/mol. The predicted molar refractivity (Wildman–Crippen MR) is 79.3 cm³/mol. The lowest BCUT2D eigenvalue weighted by Gasteiger charge is -2.32. The molecule has 1 aromatic rings. The standard InChI is InChI=1S/C14H23N3OS/c1-10-6-7-13(19-10)12(9-15)17-8-4-5-11(17)14(18)16(2)3/h6-7,11-12H,4-5,8-9,15H2,1-3H3. The molecule has 2 rings (SSSR count). The summed E-state index contributed by atoms with van der Waals surface area (Å²) in [5.74, 6) is 0.198. The molecular formula is C14H23N3OS. The van der Waals surface area contributed by atoms with Crippen LogP contribution in [0.4, 0.5) is 0 Å². The molecule has 2 heterocycles. The van der Waals surface area contributed by atoms with Gasteiger partial charge in [0, 0.05) is 30.4 Å².